The molecule has 2 heterocycles. The predicted octanol–water partition coefficient (Wildman–Crippen LogP) is 2.40. The van der Waals surface area contributed by atoms with E-state index >= 15 is 0 Å². The first-order valence-corrected chi connectivity index (χ1v) is 8.46. The molecule has 0 bridgehead atoms. The number of rotatable bonds is 6. The minimum absolute atomic E-state index is 0.689. The zero-order valence-electron chi connectivity index (χ0n) is 13.8. The number of thiazole rings is 1. The molecule has 0 aliphatic heterocycles. The first kappa shape index (κ1) is 16.5. The van der Waals surface area contributed by atoms with E-state index in [1.165, 1.54) is 10.4 Å². The second-order valence-electron chi connectivity index (χ2n) is 5.30. The Morgan fingerprint density at radius 1 is 1.36 bits per heavy atom. The molecule has 6 heteroatoms. The normalized spacial score (nSPS) is 11.7. The minimum Gasteiger partial charge on any atom is -0.357 e. The van der Waals surface area contributed by atoms with Crippen LogP contribution in [0.4, 0.5) is 0 Å². The van der Waals surface area contributed by atoms with Crippen LogP contribution in [0.15, 0.2) is 23.5 Å². The van der Waals surface area contributed by atoms with Gasteiger partial charge in [0.2, 0.25) is 0 Å². The van der Waals surface area contributed by atoms with Gasteiger partial charge in [-0.25, -0.2) is 9.98 Å². The van der Waals surface area contributed by atoms with Crippen LogP contribution in [0.3, 0.4) is 0 Å². The molecule has 0 fully saturated rings. The first-order valence-electron chi connectivity index (χ1n) is 7.64. The lowest BCUT2D eigenvalue weighted by Gasteiger charge is -2.10. The highest BCUT2D eigenvalue weighted by Crippen LogP contribution is 2.16. The highest BCUT2D eigenvalue weighted by Gasteiger charge is 2.05. The average Bonchev–Trinajstić information content (AvgIpc) is 3.02. The molecule has 120 valence electrons. The van der Waals surface area contributed by atoms with Crippen LogP contribution in [0.25, 0.3) is 0 Å². The number of nitrogens with one attached hydrogen (secondary N) is 2. The van der Waals surface area contributed by atoms with Gasteiger partial charge in [0.05, 0.1) is 17.2 Å². The Balaban J connectivity index is 1.86. The van der Waals surface area contributed by atoms with Gasteiger partial charge in [0.1, 0.15) is 0 Å². The third kappa shape index (κ3) is 4.87. The number of aliphatic imine (C=N–C) groups is 1. The fourth-order valence-corrected chi connectivity index (χ4v) is 3.20. The van der Waals surface area contributed by atoms with E-state index in [0.717, 1.165) is 36.2 Å². The summed E-state index contributed by atoms with van der Waals surface area (Å²) in [5.41, 5.74) is 2.36. The third-order valence-electron chi connectivity index (χ3n) is 3.30. The standard InChI is InChI=1S/C16H25N5S/c1-5-17-16(19-10-14-7-9-21(4)11-14)18-8-6-15-12(2)20-13(3)22-15/h7,9,11H,5-6,8,10H2,1-4H3,(H2,17,18,19). The summed E-state index contributed by atoms with van der Waals surface area (Å²) in [5, 5.41) is 7.82. The highest BCUT2D eigenvalue weighted by molar-refractivity contribution is 7.11. The van der Waals surface area contributed by atoms with E-state index in [1.54, 1.807) is 11.3 Å². The number of guanidine groups is 1. The second kappa shape index (κ2) is 7.98. The zero-order valence-corrected chi connectivity index (χ0v) is 14.6. The van der Waals surface area contributed by atoms with Crippen LogP contribution in [0, 0.1) is 13.8 Å². The fourth-order valence-electron chi connectivity index (χ4n) is 2.27. The molecule has 0 atom stereocenters. The summed E-state index contributed by atoms with van der Waals surface area (Å²) in [5.74, 6) is 0.866. The van der Waals surface area contributed by atoms with Gasteiger partial charge >= 0.3 is 0 Å². The van der Waals surface area contributed by atoms with Gasteiger partial charge in [-0.05, 0) is 32.4 Å². The van der Waals surface area contributed by atoms with Gasteiger partial charge < -0.3 is 15.2 Å². The van der Waals surface area contributed by atoms with Crippen molar-refractivity contribution in [2.75, 3.05) is 13.1 Å². The number of aromatic nitrogens is 2. The van der Waals surface area contributed by atoms with Crippen molar-refractivity contribution in [3.63, 3.8) is 0 Å². The monoisotopic (exact) mass is 319 g/mol. The average molecular weight is 319 g/mol. The topological polar surface area (TPSA) is 54.2 Å². The molecule has 0 unspecified atom stereocenters. The van der Waals surface area contributed by atoms with Crippen molar-refractivity contribution in [2.24, 2.45) is 12.0 Å². The van der Waals surface area contributed by atoms with Crippen molar-refractivity contribution in [2.45, 2.75) is 33.7 Å². The molecule has 2 rings (SSSR count). The van der Waals surface area contributed by atoms with Crippen LogP contribution < -0.4 is 10.6 Å². The van der Waals surface area contributed by atoms with E-state index in [2.05, 4.69) is 53.6 Å². The molecule has 0 spiro atoms. The summed E-state index contributed by atoms with van der Waals surface area (Å²) in [4.78, 5) is 10.4. The molecule has 5 nitrogen and oxygen atoms in total. The van der Waals surface area contributed by atoms with E-state index < -0.39 is 0 Å². The van der Waals surface area contributed by atoms with Crippen molar-refractivity contribution in [3.05, 3.63) is 39.6 Å². The Morgan fingerprint density at radius 3 is 2.77 bits per heavy atom. The van der Waals surface area contributed by atoms with E-state index in [0.29, 0.717) is 6.54 Å². The number of aryl methyl sites for hydroxylation is 3. The quantitative estimate of drug-likeness (QED) is 0.635. The largest absolute Gasteiger partial charge is 0.357 e. The maximum atomic E-state index is 4.62. The lowest BCUT2D eigenvalue weighted by molar-refractivity contribution is 0.801. The summed E-state index contributed by atoms with van der Waals surface area (Å²) in [6, 6.07) is 2.09. The molecule has 0 saturated carbocycles. The summed E-state index contributed by atoms with van der Waals surface area (Å²) in [7, 11) is 2.02. The Labute approximate surface area is 136 Å². The van der Waals surface area contributed by atoms with Gasteiger partial charge in [0.15, 0.2) is 5.96 Å². The fraction of sp³-hybridized carbons (Fsp3) is 0.500. The van der Waals surface area contributed by atoms with Gasteiger partial charge in [-0.2, -0.15) is 0 Å². The van der Waals surface area contributed by atoms with E-state index in [4.69, 9.17) is 0 Å². The van der Waals surface area contributed by atoms with Crippen LogP contribution in [0.1, 0.15) is 28.1 Å². The molecule has 0 amide bonds. The van der Waals surface area contributed by atoms with Crippen LogP contribution in [-0.4, -0.2) is 28.6 Å². The molecule has 2 aromatic rings. The Bertz CT molecular complexity index is 626. The summed E-state index contributed by atoms with van der Waals surface area (Å²) in [6.45, 7) is 8.63. The maximum Gasteiger partial charge on any atom is 0.191 e. The van der Waals surface area contributed by atoms with Crippen LogP contribution in [0.2, 0.25) is 0 Å². The molecule has 0 aliphatic carbocycles. The maximum absolute atomic E-state index is 4.62. The molecule has 2 aromatic heterocycles. The molecule has 0 saturated heterocycles. The van der Waals surface area contributed by atoms with Crippen molar-refractivity contribution < 1.29 is 0 Å². The van der Waals surface area contributed by atoms with Crippen molar-refractivity contribution >= 4 is 17.3 Å². The van der Waals surface area contributed by atoms with Gasteiger partial charge in [0.25, 0.3) is 0 Å². The van der Waals surface area contributed by atoms with Gasteiger partial charge in [-0.15, -0.1) is 11.3 Å². The van der Waals surface area contributed by atoms with Gasteiger partial charge in [-0.1, -0.05) is 0 Å². The lowest BCUT2D eigenvalue weighted by atomic mass is 10.3. The second-order valence-corrected chi connectivity index (χ2v) is 6.59. The lowest BCUT2D eigenvalue weighted by Crippen LogP contribution is -2.38. The Morgan fingerprint density at radius 2 is 2.18 bits per heavy atom. The summed E-state index contributed by atoms with van der Waals surface area (Å²) >= 11 is 1.78. The van der Waals surface area contributed by atoms with Gasteiger partial charge in [-0.3, -0.25) is 0 Å². The zero-order chi connectivity index (χ0) is 15.9. The molecule has 0 radical (unpaired) electrons. The first-order chi connectivity index (χ1) is 10.6. The SMILES string of the molecule is CCNC(=NCc1ccn(C)c1)NCCc1sc(C)nc1C. The van der Waals surface area contributed by atoms with Crippen molar-refractivity contribution in [1.29, 1.82) is 0 Å². The van der Waals surface area contributed by atoms with Crippen LogP contribution in [-0.2, 0) is 20.0 Å². The summed E-state index contributed by atoms with van der Waals surface area (Å²) < 4.78 is 2.04. The molecule has 0 aromatic carbocycles. The predicted molar refractivity (Wildman–Crippen MR) is 93.5 cm³/mol. The van der Waals surface area contributed by atoms with E-state index in [-0.39, 0.29) is 0 Å². The third-order valence-corrected chi connectivity index (χ3v) is 4.43. The molecule has 2 N–H and O–H groups in total. The smallest absolute Gasteiger partial charge is 0.191 e. The van der Waals surface area contributed by atoms with Crippen molar-refractivity contribution in [1.82, 2.24) is 20.2 Å². The highest BCUT2D eigenvalue weighted by atomic mass is 32.1. The molecular formula is C16H25N5S. The molecule has 22 heavy (non-hydrogen) atoms. The number of nitrogens with zero attached hydrogens (tertiary/aromatic N) is 3. The molecular weight excluding hydrogens is 294 g/mol. The number of hydrogen-bond acceptors (Lipinski definition) is 3. The summed E-state index contributed by atoms with van der Waals surface area (Å²) in [6.07, 6.45) is 5.11. The van der Waals surface area contributed by atoms with Gasteiger partial charge in [0, 0.05) is 43.8 Å². The minimum atomic E-state index is 0.689. The van der Waals surface area contributed by atoms with Crippen LogP contribution >= 0.6 is 11.3 Å². The number of hydrogen-bond donors (Lipinski definition) is 2. The van der Waals surface area contributed by atoms with Crippen LogP contribution in [0.5, 0.6) is 0 Å². The van der Waals surface area contributed by atoms with E-state index in [9.17, 15) is 0 Å². The Hall–Kier alpha value is -1.82. The molecule has 0 aliphatic rings. The van der Waals surface area contributed by atoms with E-state index in [1.807, 2.05) is 17.8 Å². The Kier molecular flexibility index (Phi) is 6.00. The van der Waals surface area contributed by atoms with Crippen molar-refractivity contribution in [3.8, 4) is 0 Å².